The monoisotopic (exact) mass is 424 g/mol. The summed E-state index contributed by atoms with van der Waals surface area (Å²) in [6.07, 6.45) is 1.99. The van der Waals surface area contributed by atoms with Gasteiger partial charge in [-0.25, -0.2) is 0 Å². The fourth-order valence-corrected chi connectivity index (χ4v) is 3.65. The number of anilines is 1. The van der Waals surface area contributed by atoms with Gasteiger partial charge in [0.25, 0.3) is 0 Å². The summed E-state index contributed by atoms with van der Waals surface area (Å²) in [6, 6.07) is 5.96. The number of aryl methyl sites for hydroxylation is 1. The van der Waals surface area contributed by atoms with Crippen molar-refractivity contribution < 1.29 is 9.59 Å². The van der Waals surface area contributed by atoms with Gasteiger partial charge < -0.3 is 15.5 Å². The molecule has 0 radical (unpaired) electrons. The molecule has 1 heterocycles. The summed E-state index contributed by atoms with van der Waals surface area (Å²) < 4.78 is 0.978. The third kappa shape index (κ3) is 6.70. The summed E-state index contributed by atoms with van der Waals surface area (Å²) >= 11 is 3.41. The van der Waals surface area contributed by atoms with Crippen LogP contribution in [0.2, 0.25) is 0 Å². The molecule has 0 saturated carbocycles. The van der Waals surface area contributed by atoms with Crippen LogP contribution in [0.4, 0.5) is 5.69 Å². The topological polar surface area (TPSA) is 64.7 Å². The molecule has 1 saturated heterocycles. The summed E-state index contributed by atoms with van der Waals surface area (Å²) in [5.41, 5.74) is 1.78. The number of nitrogens with one attached hydrogen (secondary N) is 2. The zero-order valence-corrected chi connectivity index (χ0v) is 17.4. The molecule has 1 aliphatic rings. The fraction of sp³-hybridized carbons (Fsp3) is 0.579. The van der Waals surface area contributed by atoms with Crippen molar-refractivity contribution in [3.05, 3.63) is 28.2 Å². The smallest absolute Gasteiger partial charge is 0.238 e. The molecule has 2 N–H and O–H groups in total. The van der Waals surface area contributed by atoms with E-state index in [0.29, 0.717) is 0 Å². The van der Waals surface area contributed by atoms with Gasteiger partial charge in [0.1, 0.15) is 0 Å². The predicted molar refractivity (Wildman–Crippen MR) is 108 cm³/mol. The Kier molecular flexibility index (Phi) is 8.06. The van der Waals surface area contributed by atoms with Gasteiger partial charge in [0, 0.05) is 29.3 Å². The number of nitrogens with zero attached hydrogens (tertiary/aromatic N) is 2. The number of halogens is 1. The Bertz CT molecular complexity index is 630. The molecule has 1 aromatic rings. The highest BCUT2D eigenvalue weighted by molar-refractivity contribution is 9.10. The molecular formula is C19H29BrN4O2. The maximum atomic E-state index is 12.2. The van der Waals surface area contributed by atoms with Gasteiger partial charge >= 0.3 is 0 Å². The number of carbonyl (C=O) groups is 2. The van der Waals surface area contributed by atoms with Crippen molar-refractivity contribution in [2.24, 2.45) is 0 Å². The van der Waals surface area contributed by atoms with Gasteiger partial charge in [0.15, 0.2) is 0 Å². The predicted octanol–water partition coefficient (Wildman–Crippen LogP) is 2.23. The Labute approximate surface area is 164 Å². The lowest BCUT2D eigenvalue weighted by Gasteiger charge is -2.31. The van der Waals surface area contributed by atoms with E-state index in [-0.39, 0.29) is 30.9 Å². The summed E-state index contributed by atoms with van der Waals surface area (Å²) in [4.78, 5) is 28.5. The first-order valence-corrected chi connectivity index (χ1v) is 9.93. The molecule has 0 spiro atoms. The Morgan fingerprint density at radius 3 is 2.50 bits per heavy atom. The van der Waals surface area contributed by atoms with Crippen molar-refractivity contribution in [3.63, 3.8) is 0 Å². The second kappa shape index (κ2) is 10.0. The van der Waals surface area contributed by atoms with Gasteiger partial charge in [-0.3, -0.25) is 14.5 Å². The zero-order valence-electron chi connectivity index (χ0n) is 15.8. The van der Waals surface area contributed by atoms with Crippen LogP contribution < -0.4 is 10.6 Å². The molecule has 2 rings (SSSR count). The first-order chi connectivity index (χ1) is 12.4. The molecule has 0 bridgehead atoms. The maximum absolute atomic E-state index is 12.2. The summed E-state index contributed by atoms with van der Waals surface area (Å²) in [6.45, 7) is 7.64. The van der Waals surface area contributed by atoms with E-state index in [4.69, 9.17) is 0 Å². The van der Waals surface area contributed by atoms with Crippen LogP contribution in [0.1, 0.15) is 25.3 Å². The van der Waals surface area contributed by atoms with Crippen LogP contribution in [0.5, 0.6) is 0 Å². The van der Waals surface area contributed by atoms with Crippen molar-refractivity contribution >= 4 is 33.4 Å². The molecule has 0 aromatic heterocycles. The normalized spacial score (nSPS) is 15.9. The Hall–Kier alpha value is -1.44. The lowest BCUT2D eigenvalue weighted by atomic mass is 10.1. The van der Waals surface area contributed by atoms with Crippen molar-refractivity contribution in [2.75, 3.05) is 45.1 Å². The van der Waals surface area contributed by atoms with Gasteiger partial charge in [-0.15, -0.1) is 0 Å². The van der Waals surface area contributed by atoms with Crippen LogP contribution in [0.25, 0.3) is 0 Å². The van der Waals surface area contributed by atoms with Gasteiger partial charge in [0.2, 0.25) is 11.8 Å². The largest absolute Gasteiger partial charge is 0.352 e. The number of hydrogen-bond acceptors (Lipinski definition) is 4. The van der Waals surface area contributed by atoms with E-state index in [9.17, 15) is 9.59 Å². The molecule has 144 valence electrons. The summed E-state index contributed by atoms with van der Waals surface area (Å²) in [5.74, 6) is -0.142. The second-order valence-corrected chi connectivity index (χ2v) is 7.87. The molecule has 1 fully saturated rings. The zero-order chi connectivity index (χ0) is 19.1. The molecule has 1 aromatic carbocycles. The minimum absolute atomic E-state index is 0.0185. The van der Waals surface area contributed by atoms with Gasteiger partial charge in [-0.2, -0.15) is 0 Å². The average molecular weight is 425 g/mol. The molecule has 2 amide bonds. The molecule has 0 atom stereocenters. The highest BCUT2D eigenvalue weighted by Gasteiger charge is 2.20. The van der Waals surface area contributed by atoms with E-state index < -0.39 is 0 Å². The Morgan fingerprint density at radius 2 is 1.88 bits per heavy atom. The van der Waals surface area contributed by atoms with E-state index in [0.717, 1.165) is 48.2 Å². The van der Waals surface area contributed by atoms with Crippen LogP contribution in [-0.4, -0.2) is 67.4 Å². The van der Waals surface area contributed by atoms with E-state index in [1.54, 1.807) is 11.9 Å². The van der Waals surface area contributed by atoms with Crippen molar-refractivity contribution in [1.29, 1.82) is 0 Å². The van der Waals surface area contributed by atoms with Gasteiger partial charge in [0.05, 0.1) is 13.1 Å². The minimum atomic E-state index is -0.123. The third-order valence-corrected chi connectivity index (χ3v) is 5.18. The lowest BCUT2D eigenvalue weighted by molar-refractivity contribution is -0.123. The Morgan fingerprint density at radius 1 is 1.23 bits per heavy atom. The summed E-state index contributed by atoms with van der Waals surface area (Å²) in [5, 5.41) is 5.98. The highest BCUT2D eigenvalue weighted by atomic mass is 79.9. The molecular weight excluding hydrogens is 396 g/mol. The first-order valence-electron chi connectivity index (χ1n) is 9.13. The van der Waals surface area contributed by atoms with Crippen LogP contribution >= 0.6 is 15.9 Å². The number of piperidine rings is 1. The number of likely N-dealkylation sites (tertiary alicyclic amines) is 1. The fourth-order valence-electron chi connectivity index (χ4n) is 3.17. The van der Waals surface area contributed by atoms with Crippen molar-refractivity contribution in [3.8, 4) is 0 Å². The molecule has 7 heteroatoms. The van der Waals surface area contributed by atoms with Crippen molar-refractivity contribution in [1.82, 2.24) is 15.1 Å². The van der Waals surface area contributed by atoms with Gasteiger partial charge in [-0.1, -0.05) is 22.9 Å². The first kappa shape index (κ1) is 20.9. The average Bonchev–Trinajstić information content (AvgIpc) is 2.57. The number of hydrogen-bond donors (Lipinski definition) is 2. The number of likely N-dealkylation sites (N-methyl/N-ethyl adjacent to an activating group) is 1. The van der Waals surface area contributed by atoms with E-state index in [1.165, 1.54) is 0 Å². The van der Waals surface area contributed by atoms with Crippen LogP contribution in [0.3, 0.4) is 0 Å². The minimum Gasteiger partial charge on any atom is -0.352 e. The maximum Gasteiger partial charge on any atom is 0.238 e. The van der Waals surface area contributed by atoms with Crippen LogP contribution in [0.15, 0.2) is 22.7 Å². The molecule has 26 heavy (non-hydrogen) atoms. The number of benzene rings is 1. The number of rotatable bonds is 7. The Balaban J connectivity index is 1.72. The molecule has 0 aliphatic carbocycles. The van der Waals surface area contributed by atoms with Crippen LogP contribution in [0, 0.1) is 6.92 Å². The van der Waals surface area contributed by atoms with E-state index in [1.807, 2.05) is 25.1 Å². The van der Waals surface area contributed by atoms with E-state index >= 15 is 0 Å². The standard InChI is InChI=1S/C19H29BrN4O2/c1-4-24-9-7-16(8-10-24)21-18(25)12-23(3)13-19(26)22-17-6-5-15(20)11-14(17)2/h5-6,11,16H,4,7-10,12-13H2,1-3H3,(H,21,25)(H,22,26). The lowest BCUT2D eigenvalue weighted by Crippen LogP contribution is -2.47. The molecule has 0 unspecified atom stereocenters. The summed E-state index contributed by atoms with van der Waals surface area (Å²) in [7, 11) is 1.79. The highest BCUT2D eigenvalue weighted by Crippen LogP contribution is 2.19. The molecule has 6 nitrogen and oxygen atoms in total. The quantitative estimate of drug-likeness (QED) is 0.704. The van der Waals surface area contributed by atoms with Crippen molar-refractivity contribution in [2.45, 2.75) is 32.7 Å². The van der Waals surface area contributed by atoms with Crippen LogP contribution in [-0.2, 0) is 9.59 Å². The number of amides is 2. The third-order valence-electron chi connectivity index (χ3n) is 4.69. The number of carbonyl (C=O) groups excluding carboxylic acids is 2. The SMILES string of the molecule is CCN1CCC(NC(=O)CN(C)CC(=O)Nc2ccc(Br)cc2C)CC1. The molecule has 1 aliphatic heterocycles. The second-order valence-electron chi connectivity index (χ2n) is 6.96. The van der Waals surface area contributed by atoms with E-state index in [2.05, 4.69) is 38.4 Å². The van der Waals surface area contributed by atoms with Gasteiger partial charge in [-0.05, 0) is 57.1 Å².